The van der Waals surface area contributed by atoms with Gasteiger partial charge >= 0.3 is 0 Å². The van der Waals surface area contributed by atoms with Crippen LogP contribution >= 0.6 is 0 Å². The van der Waals surface area contributed by atoms with Crippen LogP contribution in [-0.4, -0.2) is 34.9 Å². The van der Waals surface area contributed by atoms with Crippen molar-refractivity contribution in [1.29, 1.82) is 0 Å². The Bertz CT molecular complexity index is 716. The van der Waals surface area contributed by atoms with Gasteiger partial charge in [0.25, 0.3) is 0 Å². The van der Waals surface area contributed by atoms with E-state index < -0.39 is 12.1 Å². The van der Waals surface area contributed by atoms with Crippen molar-refractivity contribution >= 4 is 5.91 Å². The molecule has 0 aromatic heterocycles. The Morgan fingerprint density at radius 3 is 1.28 bits per heavy atom. The van der Waals surface area contributed by atoms with Crippen molar-refractivity contribution in [3.8, 4) is 0 Å². The van der Waals surface area contributed by atoms with Gasteiger partial charge in [0.1, 0.15) is 0 Å². The number of hydrogen-bond donors (Lipinski definition) is 3. The molecule has 0 aliphatic rings. The minimum Gasteiger partial charge on any atom is -0.394 e. The van der Waals surface area contributed by atoms with E-state index in [-0.39, 0.29) is 12.5 Å². The predicted octanol–water partition coefficient (Wildman–Crippen LogP) is 12.6. The summed E-state index contributed by atoms with van der Waals surface area (Å²) in [6.07, 6.45) is 50.9. The lowest BCUT2D eigenvalue weighted by molar-refractivity contribution is -0.123. The fourth-order valence-corrected chi connectivity index (χ4v) is 6.15. The Morgan fingerprint density at radius 2 is 0.872 bits per heavy atom. The molecule has 0 bridgehead atoms. The fourth-order valence-electron chi connectivity index (χ4n) is 6.15. The van der Waals surface area contributed by atoms with Gasteiger partial charge in [-0.25, -0.2) is 0 Å². The third-order valence-electron chi connectivity index (χ3n) is 9.37. The summed E-state index contributed by atoms with van der Waals surface area (Å²) in [6, 6.07) is -0.622. The zero-order valence-corrected chi connectivity index (χ0v) is 31.5. The molecule has 47 heavy (non-hydrogen) atoms. The molecular formula is C43H81NO3. The first-order chi connectivity index (χ1) is 23.2. The minimum absolute atomic E-state index is 0.0691. The summed E-state index contributed by atoms with van der Waals surface area (Å²) in [5.74, 6) is -0.0691. The standard InChI is InChI=1S/C43H81NO3/c1-3-5-7-9-11-13-15-17-19-20-21-22-23-24-25-27-29-31-33-35-37-39-43(47)44-41(40-45)42(46)38-36-34-32-30-28-26-18-16-14-12-10-8-6-4-2/h15,17,20-21,36,38,41-42,45-46H,3-14,16,18-19,22-35,37,39-40H2,1-2H3,(H,44,47)/b17-15-,21-20-,38-36+. The fraction of sp³-hybridized carbons (Fsp3) is 0.837. The normalized spacial score (nSPS) is 13.4. The predicted molar refractivity (Wildman–Crippen MR) is 207 cm³/mol. The summed E-state index contributed by atoms with van der Waals surface area (Å²) in [7, 11) is 0. The second kappa shape index (κ2) is 39.1. The molecule has 4 heteroatoms. The van der Waals surface area contributed by atoms with Gasteiger partial charge in [0.2, 0.25) is 5.91 Å². The minimum atomic E-state index is -0.839. The van der Waals surface area contributed by atoms with Crippen LogP contribution in [0.3, 0.4) is 0 Å². The van der Waals surface area contributed by atoms with E-state index in [0.29, 0.717) is 6.42 Å². The van der Waals surface area contributed by atoms with Crippen LogP contribution < -0.4 is 5.32 Å². The third-order valence-corrected chi connectivity index (χ3v) is 9.37. The van der Waals surface area contributed by atoms with Crippen LogP contribution in [0.5, 0.6) is 0 Å². The molecule has 4 nitrogen and oxygen atoms in total. The average molecular weight is 660 g/mol. The van der Waals surface area contributed by atoms with Crippen LogP contribution in [-0.2, 0) is 4.79 Å². The summed E-state index contributed by atoms with van der Waals surface area (Å²) >= 11 is 0. The van der Waals surface area contributed by atoms with E-state index in [1.54, 1.807) is 6.08 Å². The van der Waals surface area contributed by atoms with Crippen molar-refractivity contribution in [3.05, 3.63) is 36.5 Å². The van der Waals surface area contributed by atoms with Crippen molar-refractivity contribution in [1.82, 2.24) is 5.32 Å². The molecule has 0 heterocycles. The number of aliphatic hydroxyl groups excluding tert-OH is 2. The Balaban J connectivity index is 3.59. The Kier molecular flexibility index (Phi) is 37.9. The first-order valence-corrected chi connectivity index (χ1v) is 20.7. The van der Waals surface area contributed by atoms with E-state index in [1.165, 1.54) is 161 Å². The second-order valence-electron chi connectivity index (χ2n) is 14.1. The van der Waals surface area contributed by atoms with E-state index in [0.717, 1.165) is 32.1 Å². The third kappa shape index (κ3) is 35.7. The molecule has 1 amide bonds. The highest BCUT2D eigenvalue weighted by Crippen LogP contribution is 2.14. The van der Waals surface area contributed by atoms with Crippen LogP contribution in [0.25, 0.3) is 0 Å². The molecule has 0 aliphatic heterocycles. The summed E-state index contributed by atoms with van der Waals surface area (Å²) < 4.78 is 0. The second-order valence-corrected chi connectivity index (χ2v) is 14.1. The lowest BCUT2D eigenvalue weighted by Crippen LogP contribution is -2.45. The van der Waals surface area contributed by atoms with Gasteiger partial charge in [-0.15, -0.1) is 0 Å². The van der Waals surface area contributed by atoms with Gasteiger partial charge in [-0.05, 0) is 51.4 Å². The highest BCUT2D eigenvalue weighted by molar-refractivity contribution is 5.76. The van der Waals surface area contributed by atoms with Gasteiger partial charge in [0, 0.05) is 6.42 Å². The maximum atomic E-state index is 12.4. The molecule has 276 valence electrons. The van der Waals surface area contributed by atoms with E-state index in [2.05, 4.69) is 43.5 Å². The molecule has 0 aromatic rings. The molecule has 0 aromatic carbocycles. The highest BCUT2D eigenvalue weighted by Gasteiger charge is 2.17. The molecule has 0 saturated carbocycles. The molecule has 0 saturated heterocycles. The number of hydrogen-bond acceptors (Lipinski definition) is 3. The van der Waals surface area contributed by atoms with Crippen molar-refractivity contribution in [2.75, 3.05) is 6.61 Å². The van der Waals surface area contributed by atoms with Crippen LogP contribution in [0, 0.1) is 0 Å². The number of allylic oxidation sites excluding steroid dienone is 5. The Hall–Kier alpha value is -1.39. The Morgan fingerprint density at radius 1 is 0.511 bits per heavy atom. The van der Waals surface area contributed by atoms with Crippen molar-refractivity contribution < 1.29 is 15.0 Å². The van der Waals surface area contributed by atoms with Gasteiger partial charge in [0.05, 0.1) is 18.8 Å². The Labute approximate surface area is 293 Å². The van der Waals surface area contributed by atoms with Crippen molar-refractivity contribution in [3.63, 3.8) is 0 Å². The average Bonchev–Trinajstić information content (AvgIpc) is 3.07. The number of carbonyl (C=O) groups is 1. The lowest BCUT2D eigenvalue weighted by atomic mass is 10.0. The van der Waals surface area contributed by atoms with Gasteiger partial charge in [-0.3, -0.25) is 4.79 Å². The number of rotatable bonds is 37. The molecule has 0 aliphatic carbocycles. The zero-order valence-electron chi connectivity index (χ0n) is 31.5. The van der Waals surface area contributed by atoms with Crippen LogP contribution in [0.15, 0.2) is 36.5 Å². The monoisotopic (exact) mass is 660 g/mol. The van der Waals surface area contributed by atoms with E-state index in [1.807, 2.05) is 6.08 Å². The number of nitrogens with one attached hydrogen (secondary N) is 1. The number of aliphatic hydroxyl groups is 2. The zero-order chi connectivity index (χ0) is 34.3. The van der Waals surface area contributed by atoms with Crippen LogP contribution in [0.1, 0.15) is 213 Å². The number of unbranched alkanes of at least 4 members (excludes halogenated alkanes) is 26. The molecule has 2 unspecified atom stereocenters. The first kappa shape index (κ1) is 45.6. The quantitative estimate of drug-likeness (QED) is 0.0459. The number of amides is 1. The molecule has 0 spiro atoms. The highest BCUT2D eigenvalue weighted by atomic mass is 16.3. The lowest BCUT2D eigenvalue weighted by Gasteiger charge is -2.20. The van der Waals surface area contributed by atoms with Gasteiger partial charge in [-0.2, -0.15) is 0 Å². The molecule has 0 fully saturated rings. The number of carbonyl (C=O) groups excluding carboxylic acids is 1. The van der Waals surface area contributed by atoms with E-state index >= 15 is 0 Å². The molecule has 2 atom stereocenters. The summed E-state index contributed by atoms with van der Waals surface area (Å²) in [5, 5.41) is 23.0. The van der Waals surface area contributed by atoms with Crippen molar-refractivity contribution in [2.45, 2.75) is 225 Å². The summed E-state index contributed by atoms with van der Waals surface area (Å²) in [6.45, 7) is 4.29. The van der Waals surface area contributed by atoms with E-state index in [4.69, 9.17) is 0 Å². The van der Waals surface area contributed by atoms with Crippen LogP contribution in [0.4, 0.5) is 0 Å². The van der Waals surface area contributed by atoms with Gasteiger partial charge < -0.3 is 15.5 Å². The van der Waals surface area contributed by atoms with Crippen LogP contribution in [0.2, 0.25) is 0 Å². The smallest absolute Gasteiger partial charge is 0.220 e. The maximum Gasteiger partial charge on any atom is 0.220 e. The molecule has 3 N–H and O–H groups in total. The SMILES string of the molecule is CCCCCCC/C=C\C/C=C\CCCCCCCCCCCC(=O)NC(CO)C(O)/C=C/CCCCCCCCCCCCCC. The molecule has 0 radical (unpaired) electrons. The molecular weight excluding hydrogens is 578 g/mol. The van der Waals surface area contributed by atoms with Gasteiger partial charge in [-0.1, -0.05) is 192 Å². The van der Waals surface area contributed by atoms with Crippen molar-refractivity contribution in [2.24, 2.45) is 0 Å². The van der Waals surface area contributed by atoms with E-state index in [9.17, 15) is 15.0 Å². The summed E-state index contributed by atoms with van der Waals surface area (Å²) in [4.78, 5) is 12.4. The maximum absolute atomic E-state index is 12.4. The molecule has 0 rings (SSSR count). The first-order valence-electron chi connectivity index (χ1n) is 20.7. The summed E-state index contributed by atoms with van der Waals surface area (Å²) in [5.41, 5.74) is 0. The van der Waals surface area contributed by atoms with Gasteiger partial charge in [0.15, 0.2) is 0 Å². The largest absolute Gasteiger partial charge is 0.394 e. The topological polar surface area (TPSA) is 69.6 Å².